The van der Waals surface area contributed by atoms with Crippen molar-refractivity contribution < 1.29 is 21.6 Å². The first-order valence-electron chi connectivity index (χ1n) is 8.17. The molecule has 0 radical (unpaired) electrons. The molecule has 29 heavy (non-hydrogen) atoms. The minimum atomic E-state index is -4.04. The van der Waals surface area contributed by atoms with Crippen molar-refractivity contribution >= 4 is 41.6 Å². The summed E-state index contributed by atoms with van der Waals surface area (Å²) in [6.07, 6.45) is 2.38. The lowest BCUT2D eigenvalue weighted by Crippen LogP contribution is -2.16. The lowest BCUT2D eigenvalue weighted by molar-refractivity contribution is 0.294. The molecule has 0 amide bonds. The summed E-state index contributed by atoms with van der Waals surface area (Å²) in [5.74, 6) is -0.0871. The summed E-state index contributed by atoms with van der Waals surface area (Å²) in [5.41, 5.74) is 0.874. The van der Waals surface area contributed by atoms with E-state index >= 15 is 0 Å². The molecule has 1 N–H and O–H groups in total. The number of hydrogen-bond acceptors (Lipinski definition) is 7. The maximum Gasteiger partial charge on any atom is 0.263 e. The van der Waals surface area contributed by atoms with Crippen molar-refractivity contribution in [3.63, 3.8) is 0 Å². The van der Waals surface area contributed by atoms with Gasteiger partial charge < -0.3 is 4.74 Å². The Bertz CT molecular complexity index is 1220. The summed E-state index contributed by atoms with van der Waals surface area (Å²) >= 11 is 3.19. The van der Waals surface area contributed by atoms with Crippen molar-refractivity contribution in [3.8, 4) is 5.88 Å². The second kappa shape index (κ2) is 8.47. The van der Waals surface area contributed by atoms with E-state index in [4.69, 9.17) is 4.74 Å². The first kappa shape index (κ1) is 21.2. The van der Waals surface area contributed by atoms with Crippen molar-refractivity contribution in [3.05, 3.63) is 71.0 Å². The third-order valence-corrected chi connectivity index (χ3v) is 6.59. The van der Waals surface area contributed by atoms with Gasteiger partial charge in [-0.2, -0.15) is 0 Å². The Morgan fingerprint density at radius 1 is 0.966 bits per heavy atom. The van der Waals surface area contributed by atoms with Crippen LogP contribution >= 0.6 is 15.9 Å². The summed E-state index contributed by atoms with van der Waals surface area (Å²) in [4.78, 5) is 8.07. The third kappa shape index (κ3) is 5.52. The highest BCUT2D eigenvalue weighted by molar-refractivity contribution is 9.10. The number of ether oxygens (including phenoxy) is 1. The number of nitrogens with zero attached hydrogens (tertiary/aromatic N) is 2. The smallest absolute Gasteiger partial charge is 0.263 e. The SMILES string of the molecule is CS(=O)(=O)c1ccc(S(=O)(=O)Nc2ncc(Br)nc2OCc2ccccc2)cc1. The van der Waals surface area contributed by atoms with Crippen LogP contribution in [0.3, 0.4) is 0 Å². The predicted molar refractivity (Wildman–Crippen MR) is 111 cm³/mol. The number of benzene rings is 2. The Morgan fingerprint density at radius 2 is 1.59 bits per heavy atom. The fourth-order valence-corrected chi connectivity index (χ4v) is 4.20. The number of aromatic nitrogens is 2. The molecule has 3 aromatic rings. The van der Waals surface area contributed by atoms with Crippen molar-refractivity contribution in [1.82, 2.24) is 9.97 Å². The molecule has 152 valence electrons. The molecular formula is C18H16BrN3O5S2. The number of sulfone groups is 1. The van der Waals surface area contributed by atoms with Crippen molar-refractivity contribution in [2.45, 2.75) is 16.4 Å². The molecule has 0 aliphatic heterocycles. The number of sulfonamides is 1. The molecule has 0 saturated heterocycles. The average molecular weight is 498 g/mol. The first-order chi connectivity index (χ1) is 13.6. The Labute approximate surface area is 177 Å². The molecule has 0 unspecified atom stereocenters. The largest absolute Gasteiger partial charge is 0.470 e. The molecule has 0 aliphatic carbocycles. The molecule has 0 aliphatic rings. The minimum absolute atomic E-state index is 0.000408. The van der Waals surface area contributed by atoms with Gasteiger partial charge in [0.2, 0.25) is 5.82 Å². The highest BCUT2D eigenvalue weighted by Gasteiger charge is 2.20. The standard InChI is InChI=1S/C18H16BrN3O5S2/c1-28(23,24)14-7-9-15(10-8-14)29(25,26)22-17-18(21-16(19)11-20-17)27-12-13-5-3-2-4-6-13/h2-11H,12H2,1H3,(H,20,22). The van der Waals surface area contributed by atoms with E-state index < -0.39 is 19.9 Å². The maximum absolute atomic E-state index is 12.7. The normalized spacial score (nSPS) is 11.8. The highest BCUT2D eigenvalue weighted by Crippen LogP contribution is 2.25. The molecule has 0 bridgehead atoms. The van der Waals surface area contributed by atoms with Gasteiger partial charge in [-0.1, -0.05) is 30.3 Å². The summed E-state index contributed by atoms with van der Waals surface area (Å²) in [6.45, 7) is 0.170. The van der Waals surface area contributed by atoms with Crippen LogP contribution < -0.4 is 9.46 Å². The van der Waals surface area contributed by atoms with Crippen LogP contribution in [-0.2, 0) is 26.5 Å². The summed E-state index contributed by atoms with van der Waals surface area (Å²) in [5, 5.41) is 0. The van der Waals surface area contributed by atoms with E-state index in [1.165, 1.54) is 30.5 Å². The van der Waals surface area contributed by atoms with Crippen LogP contribution in [0.2, 0.25) is 0 Å². The minimum Gasteiger partial charge on any atom is -0.470 e. The van der Waals surface area contributed by atoms with Gasteiger partial charge in [0, 0.05) is 6.26 Å². The van der Waals surface area contributed by atoms with Crippen molar-refractivity contribution in [2.75, 3.05) is 11.0 Å². The molecule has 8 nitrogen and oxygen atoms in total. The van der Waals surface area contributed by atoms with Gasteiger partial charge in [0.25, 0.3) is 15.9 Å². The van der Waals surface area contributed by atoms with Crippen molar-refractivity contribution in [2.24, 2.45) is 0 Å². The topological polar surface area (TPSA) is 115 Å². The molecular weight excluding hydrogens is 482 g/mol. The number of hydrogen-bond donors (Lipinski definition) is 1. The van der Waals surface area contributed by atoms with Crippen LogP contribution in [0.4, 0.5) is 5.82 Å². The Kier molecular flexibility index (Phi) is 6.20. The predicted octanol–water partition coefficient (Wildman–Crippen LogP) is 3.02. The van der Waals surface area contributed by atoms with Gasteiger partial charge in [-0.3, -0.25) is 4.72 Å². The van der Waals surface area contributed by atoms with Crippen LogP contribution in [0, 0.1) is 0 Å². The summed E-state index contributed by atoms with van der Waals surface area (Å²) in [6, 6.07) is 14.2. The number of rotatable bonds is 7. The monoisotopic (exact) mass is 497 g/mol. The zero-order valence-corrected chi connectivity index (χ0v) is 18.3. The molecule has 11 heteroatoms. The van der Waals surface area contributed by atoms with Crippen LogP contribution in [0.15, 0.2) is 75.2 Å². The van der Waals surface area contributed by atoms with E-state index in [-0.39, 0.29) is 28.1 Å². The van der Waals surface area contributed by atoms with Crippen LogP contribution in [-0.4, -0.2) is 33.1 Å². The fraction of sp³-hybridized carbons (Fsp3) is 0.111. The van der Waals surface area contributed by atoms with Crippen molar-refractivity contribution in [1.29, 1.82) is 0 Å². The third-order valence-electron chi connectivity index (χ3n) is 3.72. The maximum atomic E-state index is 12.7. The van der Waals surface area contributed by atoms with Gasteiger partial charge in [0.1, 0.15) is 11.2 Å². The Balaban J connectivity index is 1.85. The molecule has 1 aromatic heterocycles. The second-order valence-electron chi connectivity index (χ2n) is 5.97. The molecule has 0 saturated carbocycles. The van der Waals surface area contributed by atoms with Crippen LogP contribution in [0.25, 0.3) is 0 Å². The van der Waals surface area contributed by atoms with E-state index in [2.05, 4.69) is 30.6 Å². The lowest BCUT2D eigenvalue weighted by atomic mass is 10.2. The van der Waals surface area contributed by atoms with Gasteiger partial charge in [0.05, 0.1) is 16.0 Å². The Hall–Kier alpha value is -2.50. The van der Waals surface area contributed by atoms with E-state index in [1.54, 1.807) is 0 Å². The highest BCUT2D eigenvalue weighted by atomic mass is 79.9. The average Bonchev–Trinajstić information content (AvgIpc) is 2.68. The Morgan fingerprint density at radius 3 is 2.21 bits per heavy atom. The number of halogens is 1. The fourth-order valence-electron chi connectivity index (χ4n) is 2.30. The quantitative estimate of drug-likeness (QED) is 0.533. The molecule has 2 aromatic carbocycles. The van der Waals surface area contributed by atoms with E-state index in [0.717, 1.165) is 11.8 Å². The second-order valence-corrected chi connectivity index (χ2v) is 10.5. The number of nitrogens with one attached hydrogen (secondary N) is 1. The van der Waals surface area contributed by atoms with Crippen LogP contribution in [0.1, 0.15) is 5.56 Å². The van der Waals surface area contributed by atoms with E-state index in [9.17, 15) is 16.8 Å². The van der Waals surface area contributed by atoms with Gasteiger partial charge in [-0.15, -0.1) is 0 Å². The molecule has 0 spiro atoms. The molecule has 3 rings (SSSR count). The summed E-state index contributed by atoms with van der Waals surface area (Å²) < 4.78 is 56.8. The molecule has 1 heterocycles. The zero-order chi connectivity index (χ0) is 21.1. The summed E-state index contributed by atoms with van der Waals surface area (Å²) in [7, 11) is -7.47. The van der Waals surface area contributed by atoms with Gasteiger partial charge >= 0.3 is 0 Å². The van der Waals surface area contributed by atoms with Gasteiger partial charge in [0.15, 0.2) is 9.84 Å². The lowest BCUT2D eigenvalue weighted by Gasteiger charge is -2.12. The number of anilines is 1. The van der Waals surface area contributed by atoms with E-state index in [1.807, 2.05) is 30.3 Å². The first-order valence-corrected chi connectivity index (χ1v) is 12.3. The molecule has 0 atom stereocenters. The zero-order valence-electron chi connectivity index (χ0n) is 15.1. The van der Waals surface area contributed by atoms with E-state index in [0.29, 0.717) is 4.60 Å². The molecule has 0 fully saturated rings. The van der Waals surface area contributed by atoms with Gasteiger partial charge in [-0.25, -0.2) is 26.8 Å². The van der Waals surface area contributed by atoms with Gasteiger partial charge in [-0.05, 0) is 45.8 Å². The van der Waals surface area contributed by atoms with Crippen LogP contribution in [0.5, 0.6) is 5.88 Å².